The number of nitrogens with zero attached hydrogens (tertiary/aromatic N) is 1. The van der Waals surface area contributed by atoms with Crippen molar-refractivity contribution in [3.8, 4) is 17.0 Å². The molecule has 0 spiro atoms. The number of methoxy groups -OCH3 is 1. The van der Waals surface area contributed by atoms with E-state index in [1.807, 2.05) is 41.8 Å². The van der Waals surface area contributed by atoms with Crippen molar-refractivity contribution in [2.45, 2.75) is 0 Å². The molecule has 0 aliphatic carbocycles. The van der Waals surface area contributed by atoms with Crippen LogP contribution < -0.4 is 21.1 Å². The highest BCUT2D eigenvalue weighted by Gasteiger charge is 2.08. The Morgan fingerprint density at radius 1 is 1.17 bits per heavy atom. The van der Waals surface area contributed by atoms with Crippen LogP contribution >= 0.6 is 11.3 Å². The second-order valence-corrected chi connectivity index (χ2v) is 5.79. The van der Waals surface area contributed by atoms with Crippen molar-refractivity contribution >= 4 is 33.9 Å². The number of nitrogens with one attached hydrogen (secondary N) is 2. The Morgan fingerprint density at radius 2 is 1.92 bits per heavy atom. The molecule has 1 heterocycles. The number of rotatable bonds is 5. The molecule has 0 bridgehead atoms. The predicted octanol–water partition coefficient (Wildman–Crippen LogP) is 4.05. The molecule has 0 aliphatic heterocycles. The first-order chi connectivity index (χ1) is 11.7. The number of ether oxygens (including phenoxy) is 1. The fourth-order valence-corrected chi connectivity index (χ4v) is 2.93. The fourth-order valence-electron chi connectivity index (χ4n) is 2.19. The number of nitrogens with two attached hydrogens (primary N) is 1. The van der Waals surface area contributed by atoms with Gasteiger partial charge in [-0.1, -0.05) is 24.3 Å². The summed E-state index contributed by atoms with van der Waals surface area (Å²) < 4.78 is 5.32. The molecule has 4 N–H and O–H groups in total. The van der Waals surface area contributed by atoms with E-state index in [2.05, 4.69) is 15.6 Å². The van der Waals surface area contributed by atoms with Gasteiger partial charge in [-0.3, -0.25) is 0 Å². The van der Waals surface area contributed by atoms with E-state index in [9.17, 15) is 4.79 Å². The molecule has 3 aromatic rings. The molecule has 24 heavy (non-hydrogen) atoms. The number of para-hydroxylation sites is 2. The minimum absolute atomic E-state index is 0.584. The van der Waals surface area contributed by atoms with Crippen LogP contribution in [0.4, 0.5) is 21.3 Å². The Hall–Kier alpha value is -3.06. The molecule has 0 saturated heterocycles. The predicted molar refractivity (Wildman–Crippen MR) is 97.0 cm³/mol. The lowest BCUT2D eigenvalue weighted by molar-refractivity contribution is 0.259. The molecule has 0 aliphatic rings. The molecule has 7 heteroatoms. The Labute approximate surface area is 143 Å². The van der Waals surface area contributed by atoms with E-state index >= 15 is 0 Å². The Kier molecular flexibility index (Phi) is 4.62. The first-order valence-electron chi connectivity index (χ1n) is 7.18. The van der Waals surface area contributed by atoms with Crippen molar-refractivity contribution in [3.63, 3.8) is 0 Å². The van der Waals surface area contributed by atoms with E-state index in [0.717, 1.165) is 27.8 Å². The number of carbonyl (C=O) groups excluding carboxylic acids is 1. The van der Waals surface area contributed by atoms with Crippen molar-refractivity contribution < 1.29 is 9.53 Å². The van der Waals surface area contributed by atoms with Gasteiger partial charge in [-0.2, -0.15) is 0 Å². The number of thiazole rings is 1. The molecule has 0 fully saturated rings. The summed E-state index contributed by atoms with van der Waals surface area (Å²) in [5, 5.41) is 8.53. The van der Waals surface area contributed by atoms with Crippen LogP contribution in [0.1, 0.15) is 0 Å². The zero-order valence-electron chi connectivity index (χ0n) is 12.9. The number of anilines is 3. The van der Waals surface area contributed by atoms with Gasteiger partial charge in [0, 0.05) is 16.6 Å². The van der Waals surface area contributed by atoms with Crippen LogP contribution in [0.15, 0.2) is 53.9 Å². The van der Waals surface area contributed by atoms with Crippen molar-refractivity contribution in [2.75, 3.05) is 17.7 Å². The Bertz CT molecular complexity index is 846. The van der Waals surface area contributed by atoms with Crippen molar-refractivity contribution in [3.05, 3.63) is 53.9 Å². The smallest absolute Gasteiger partial charge is 0.316 e. The first-order valence-corrected chi connectivity index (χ1v) is 8.06. The topological polar surface area (TPSA) is 89.3 Å². The summed E-state index contributed by atoms with van der Waals surface area (Å²) in [6.07, 6.45) is 0. The molecule has 2 aromatic carbocycles. The quantitative estimate of drug-likeness (QED) is 0.653. The van der Waals surface area contributed by atoms with E-state index in [-0.39, 0.29) is 0 Å². The van der Waals surface area contributed by atoms with Gasteiger partial charge in [-0.15, -0.1) is 11.3 Å². The molecule has 2 amide bonds. The number of aromatic nitrogens is 1. The minimum Gasteiger partial charge on any atom is -0.495 e. The maximum Gasteiger partial charge on any atom is 0.316 e. The van der Waals surface area contributed by atoms with Gasteiger partial charge in [0.1, 0.15) is 5.75 Å². The molecule has 0 radical (unpaired) electrons. The summed E-state index contributed by atoms with van der Waals surface area (Å²) in [5.41, 5.74) is 8.41. The van der Waals surface area contributed by atoms with E-state index in [4.69, 9.17) is 10.5 Å². The fraction of sp³-hybridized carbons (Fsp3) is 0.0588. The molecule has 0 unspecified atom stereocenters. The van der Waals surface area contributed by atoms with Crippen LogP contribution in [0.25, 0.3) is 11.3 Å². The number of primary amides is 1. The summed E-state index contributed by atoms with van der Waals surface area (Å²) in [4.78, 5) is 15.4. The molecule has 3 rings (SSSR count). The second-order valence-electron chi connectivity index (χ2n) is 4.93. The average molecular weight is 340 g/mol. The summed E-state index contributed by atoms with van der Waals surface area (Å²) >= 11 is 1.51. The van der Waals surface area contributed by atoms with Gasteiger partial charge in [-0.05, 0) is 24.3 Å². The van der Waals surface area contributed by atoms with Gasteiger partial charge in [-0.25, -0.2) is 9.78 Å². The van der Waals surface area contributed by atoms with Gasteiger partial charge in [0.15, 0.2) is 5.13 Å². The summed E-state index contributed by atoms with van der Waals surface area (Å²) in [5.74, 6) is 0.760. The van der Waals surface area contributed by atoms with E-state index in [1.165, 1.54) is 11.3 Å². The molecule has 0 atom stereocenters. The summed E-state index contributed by atoms with van der Waals surface area (Å²) in [6.45, 7) is 0. The number of hydrogen-bond acceptors (Lipinski definition) is 5. The number of hydrogen-bond donors (Lipinski definition) is 3. The van der Waals surface area contributed by atoms with Gasteiger partial charge in [0.25, 0.3) is 0 Å². The minimum atomic E-state index is -0.584. The zero-order chi connectivity index (χ0) is 16.9. The number of urea groups is 1. The molecule has 0 saturated carbocycles. The van der Waals surface area contributed by atoms with Crippen LogP contribution in [0.2, 0.25) is 0 Å². The van der Waals surface area contributed by atoms with Crippen LogP contribution in [0.3, 0.4) is 0 Å². The molecular formula is C17H16N4O2S. The highest BCUT2D eigenvalue weighted by molar-refractivity contribution is 7.14. The van der Waals surface area contributed by atoms with E-state index in [0.29, 0.717) is 5.69 Å². The number of benzene rings is 2. The first kappa shape index (κ1) is 15.8. The lowest BCUT2D eigenvalue weighted by Gasteiger charge is -2.08. The third-order valence-electron chi connectivity index (χ3n) is 3.30. The van der Waals surface area contributed by atoms with Gasteiger partial charge in [0.2, 0.25) is 0 Å². The highest BCUT2D eigenvalue weighted by Crippen LogP contribution is 2.31. The highest BCUT2D eigenvalue weighted by atomic mass is 32.1. The SMILES string of the molecule is COc1ccccc1Nc1nc(-c2ccc(NC(N)=O)cc2)cs1. The lowest BCUT2D eigenvalue weighted by Crippen LogP contribution is -2.19. The number of carbonyl (C=O) groups is 1. The Morgan fingerprint density at radius 3 is 2.62 bits per heavy atom. The van der Waals surface area contributed by atoms with Crippen LogP contribution in [0, 0.1) is 0 Å². The second kappa shape index (κ2) is 7.01. The van der Waals surface area contributed by atoms with Crippen LogP contribution in [-0.2, 0) is 0 Å². The lowest BCUT2D eigenvalue weighted by atomic mass is 10.1. The Balaban J connectivity index is 1.77. The van der Waals surface area contributed by atoms with Crippen molar-refractivity contribution in [1.29, 1.82) is 0 Å². The van der Waals surface area contributed by atoms with Crippen LogP contribution in [0.5, 0.6) is 5.75 Å². The van der Waals surface area contributed by atoms with E-state index in [1.54, 1.807) is 19.2 Å². The normalized spacial score (nSPS) is 10.2. The maximum absolute atomic E-state index is 10.8. The third kappa shape index (κ3) is 3.64. The molecule has 122 valence electrons. The zero-order valence-corrected chi connectivity index (χ0v) is 13.8. The maximum atomic E-state index is 10.8. The molecule has 6 nitrogen and oxygen atoms in total. The van der Waals surface area contributed by atoms with Crippen molar-refractivity contribution in [1.82, 2.24) is 4.98 Å². The van der Waals surface area contributed by atoms with Gasteiger partial charge < -0.3 is 21.1 Å². The molecular weight excluding hydrogens is 324 g/mol. The summed E-state index contributed by atoms with van der Waals surface area (Å²) in [6, 6.07) is 14.4. The van der Waals surface area contributed by atoms with Gasteiger partial charge >= 0.3 is 6.03 Å². The molecule has 1 aromatic heterocycles. The largest absolute Gasteiger partial charge is 0.495 e. The number of amides is 2. The average Bonchev–Trinajstić information content (AvgIpc) is 3.04. The standard InChI is InChI=1S/C17H16N4O2S/c1-23-15-5-3-2-4-13(15)20-17-21-14(10-24-17)11-6-8-12(9-7-11)19-16(18)22/h2-10H,1H3,(H,20,21)(H3,18,19,22). The van der Waals surface area contributed by atoms with Gasteiger partial charge in [0.05, 0.1) is 18.5 Å². The third-order valence-corrected chi connectivity index (χ3v) is 4.06. The monoisotopic (exact) mass is 340 g/mol. The van der Waals surface area contributed by atoms with E-state index < -0.39 is 6.03 Å². The van der Waals surface area contributed by atoms with Crippen molar-refractivity contribution in [2.24, 2.45) is 5.73 Å². The van der Waals surface area contributed by atoms with Crippen LogP contribution in [-0.4, -0.2) is 18.1 Å². The summed E-state index contributed by atoms with van der Waals surface area (Å²) in [7, 11) is 1.63.